The number of hydrogen-bond acceptors (Lipinski definition) is 6. The Morgan fingerprint density at radius 3 is 2.61 bits per heavy atom. The van der Waals surface area contributed by atoms with E-state index in [1.807, 2.05) is 13.0 Å². The number of fused-ring (bicyclic) bond motifs is 1. The van der Waals surface area contributed by atoms with Gasteiger partial charge in [-0.05, 0) is 60.7 Å². The SMILES string of the molecule is COC(=O)C1CCN(C(=O)c2oc3c(c2C)/C(=N/NC(=O)c2ccccc2Br)CCC3)CC1. The lowest BCUT2D eigenvalue weighted by Crippen LogP contribution is -2.40. The van der Waals surface area contributed by atoms with Crippen LogP contribution in [0.5, 0.6) is 0 Å². The van der Waals surface area contributed by atoms with Crippen LogP contribution in [0.2, 0.25) is 0 Å². The molecule has 33 heavy (non-hydrogen) atoms. The lowest BCUT2D eigenvalue weighted by atomic mass is 9.93. The highest BCUT2D eigenvalue weighted by molar-refractivity contribution is 9.10. The Labute approximate surface area is 200 Å². The van der Waals surface area contributed by atoms with Gasteiger partial charge < -0.3 is 14.1 Å². The zero-order valence-electron chi connectivity index (χ0n) is 18.7. The number of nitrogens with one attached hydrogen (secondary N) is 1. The van der Waals surface area contributed by atoms with Gasteiger partial charge in [0.1, 0.15) is 5.76 Å². The Kier molecular flexibility index (Phi) is 6.97. The summed E-state index contributed by atoms with van der Waals surface area (Å²) in [6.45, 7) is 2.81. The highest BCUT2D eigenvalue weighted by atomic mass is 79.9. The summed E-state index contributed by atoms with van der Waals surface area (Å²) >= 11 is 3.38. The van der Waals surface area contributed by atoms with Crippen LogP contribution in [0, 0.1) is 12.8 Å². The molecule has 4 rings (SSSR count). The summed E-state index contributed by atoms with van der Waals surface area (Å²) in [7, 11) is 1.39. The second-order valence-corrected chi connectivity index (χ2v) is 9.13. The predicted octanol–water partition coefficient (Wildman–Crippen LogP) is 3.85. The van der Waals surface area contributed by atoms with Gasteiger partial charge in [0.15, 0.2) is 5.76 Å². The molecule has 0 radical (unpaired) electrons. The zero-order chi connectivity index (χ0) is 23.5. The summed E-state index contributed by atoms with van der Waals surface area (Å²) in [5.41, 5.74) is 5.38. The molecule has 2 heterocycles. The van der Waals surface area contributed by atoms with Gasteiger partial charge >= 0.3 is 5.97 Å². The molecule has 2 aromatic rings. The molecule has 1 aromatic carbocycles. The van der Waals surface area contributed by atoms with Crippen molar-refractivity contribution >= 4 is 39.4 Å². The number of esters is 1. The van der Waals surface area contributed by atoms with Crippen LogP contribution in [0.1, 0.15) is 63.5 Å². The van der Waals surface area contributed by atoms with E-state index in [9.17, 15) is 14.4 Å². The van der Waals surface area contributed by atoms with Crippen LogP contribution < -0.4 is 5.43 Å². The van der Waals surface area contributed by atoms with Crippen molar-refractivity contribution in [3.05, 3.63) is 56.9 Å². The fraction of sp³-hybridized carbons (Fsp3) is 0.417. The summed E-state index contributed by atoms with van der Waals surface area (Å²) in [4.78, 5) is 39.2. The molecule has 1 aliphatic heterocycles. The number of methoxy groups -OCH3 is 1. The summed E-state index contributed by atoms with van der Waals surface area (Å²) in [5.74, 6) is 0.146. The predicted molar refractivity (Wildman–Crippen MR) is 125 cm³/mol. The van der Waals surface area contributed by atoms with Crippen LogP contribution in [-0.4, -0.2) is 48.6 Å². The van der Waals surface area contributed by atoms with E-state index in [0.717, 1.165) is 23.3 Å². The average molecular weight is 516 g/mol. The number of piperidine rings is 1. The molecule has 1 fully saturated rings. The topological polar surface area (TPSA) is 101 Å². The van der Waals surface area contributed by atoms with E-state index in [1.54, 1.807) is 23.1 Å². The maximum Gasteiger partial charge on any atom is 0.308 e. The Bertz CT molecular complexity index is 1120. The summed E-state index contributed by atoms with van der Waals surface area (Å²) in [6, 6.07) is 7.14. The smallest absolute Gasteiger partial charge is 0.308 e. The first-order chi connectivity index (χ1) is 15.9. The molecule has 1 aromatic heterocycles. The Hall–Kier alpha value is -2.94. The third-order valence-electron chi connectivity index (χ3n) is 6.25. The lowest BCUT2D eigenvalue weighted by Gasteiger charge is -2.30. The largest absolute Gasteiger partial charge is 0.469 e. The fourth-order valence-electron chi connectivity index (χ4n) is 4.44. The van der Waals surface area contributed by atoms with Gasteiger partial charge in [0.05, 0.1) is 24.3 Å². The second kappa shape index (κ2) is 9.91. The molecule has 2 amide bonds. The number of carbonyl (C=O) groups is 3. The standard InChI is InChI=1S/C24H26BrN3O5/c1-14-20-18(26-27-22(29)16-6-3-4-7-17(16)25)8-5-9-19(20)33-21(14)23(30)28-12-10-15(11-13-28)24(31)32-2/h3-4,6-7,15H,5,8-13H2,1-2H3,(H,27,29)/b26-18+. The van der Waals surface area contributed by atoms with E-state index >= 15 is 0 Å². The van der Waals surface area contributed by atoms with Crippen molar-refractivity contribution in [2.45, 2.75) is 39.0 Å². The number of furan rings is 1. The van der Waals surface area contributed by atoms with Gasteiger partial charge in [-0.25, -0.2) is 5.43 Å². The minimum Gasteiger partial charge on any atom is -0.469 e. The summed E-state index contributed by atoms with van der Waals surface area (Å²) in [6.07, 6.45) is 3.37. The fourth-order valence-corrected chi connectivity index (χ4v) is 4.90. The van der Waals surface area contributed by atoms with Crippen molar-refractivity contribution in [3.8, 4) is 0 Å². The maximum absolute atomic E-state index is 13.2. The maximum atomic E-state index is 13.2. The van der Waals surface area contributed by atoms with Crippen molar-refractivity contribution in [2.75, 3.05) is 20.2 Å². The average Bonchev–Trinajstić information content (AvgIpc) is 3.19. The van der Waals surface area contributed by atoms with E-state index in [4.69, 9.17) is 9.15 Å². The number of halogens is 1. The third kappa shape index (κ3) is 4.73. The first-order valence-electron chi connectivity index (χ1n) is 11.0. The quantitative estimate of drug-likeness (QED) is 0.492. The second-order valence-electron chi connectivity index (χ2n) is 8.28. The number of ether oxygens (including phenoxy) is 1. The van der Waals surface area contributed by atoms with Gasteiger partial charge in [0.25, 0.3) is 11.8 Å². The monoisotopic (exact) mass is 515 g/mol. The lowest BCUT2D eigenvalue weighted by molar-refractivity contribution is -0.146. The van der Waals surface area contributed by atoms with Crippen molar-refractivity contribution in [2.24, 2.45) is 11.0 Å². The molecule has 1 saturated heterocycles. The number of rotatable bonds is 4. The molecule has 0 unspecified atom stereocenters. The van der Waals surface area contributed by atoms with Crippen LogP contribution in [0.4, 0.5) is 0 Å². The Balaban J connectivity index is 1.51. The number of hydrogen-bond donors (Lipinski definition) is 1. The van der Waals surface area contributed by atoms with Crippen LogP contribution >= 0.6 is 15.9 Å². The van der Waals surface area contributed by atoms with Crippen LogP contribution in [0.15, 0.2) is 38.3 Å². The molecule has 0 atom stereocenters. The van der Waals surface area contributed by atoms with Gasteiger partial charge in [-0.1, -0.05) is 12.1 Å². The molecule has 8 nitrogen and oxygen atoms in total. The van der Waals surface area contributed by atoms with Crippen LogP contribution in [0.3, 0.4) is 0 Å². The van der Waals surface area contributed by atoms with Crippen LogP contribution in [0.25, 0.3) is 0 Å². The zero-order valence-corrected chi connectivity index (χ0v) is 20.2. The first kappa shape index (κ1) is 23.2. The number of hydrazone groups is 1. The van der Waals surface area contributed by atoms with Gasteiger partial charge in [-0.15, -0.1) is 0 Å². The molecule has 9 heteroatoms. The highest BCUT2D eigenvalue weighted by Gasteiger charge is 2.33. The third-order valence-corrected chi connectivity index (χ3v) is 6.94. The number of carbonyl (C=O) groups excluding carboxylic acids is 3. The Morgan fingerprint density at radius 1 is 1.18 bits per heavy atom. The number of benzene rings is 1. The van der Waals surface area contributed by atoms with Crippen molar-refractivity contribution < 1.29 is 23.5 Å². The minimum atomic E-state index is -0.312. The molecule has 0 bridgehead atoms. The van der Waals surface area contributed by atoms with Gasteiger partial charge in [0.2, 0.25) is 0 Å². The molecule has 1 aliphatic carbocycles. The van der Waals surface area contributed by atoms with Gasteiger partial charge in [-0.2, -0.15) is 5.10 Å². The number of nitrogens with zero attached hydrogens (tertiary/aromatic N) is 2. The highest BCUT2D eigenvalue weighted by Crippen LogP contribution is 2.31. The van der Waals surface area contributed by atoms with Crippen molar-refractivity contribution in [3.63, 3.8) is 0 Å². The molecule has 0 spiro atoms. The molecule has 174 valence electrons. The van der Waals surface area contributed by atoms with Crippen LogP contribution in [-0.2, 0) is 16.0 Å². The normalized spacial score (nSPS) is 17.5. The van der Waals surface area contributed by atoms with E-state index < -0.39 is 0 Å². The number of aryl methyl sites for hydroxylation is 1. The van der Waals surface area contributed by atoms with Gasteiger partial charge in [-0.3, -0.25) is 14.4 Å². The molecular formula is C24H26BrN3O5. The number of likely N-dealkylation sites (tertiary alicyclic amines) is 1. The first-order valence-corrected chi connectivity index (χ1v) is 11.8. The Morgan fingerprint density at radius 2 is 1.91 bits per heavy atom. The van der Waals surface area contributed by atoms with E-state index in [-0.39, 0.29) is 23.7 Å². The summed E-state index contributed by atoms with van der Waals surface area (Å²) in [5, 5.41) is 4.39. The van der Waals surface area contributed by atoms with Crippen molar-refractivity contribution in [1.29, 1.82) is 0 Å². The number of amides is 2. The molecule has 1 N–H and O–H groups in total. The van der Waals surface area contributed by atoms with E-state index in [1.165, 1.54) is 7.11 Å². The molecule has 2 aliphatic rings. The van der Waals surface area contributed by atoms with E-state index in [2.05, 4.69) is 26.5 Å². The minimum absolute atomic E-state index is 0.169. The molecular weight excluding hydrogens is 490 g/mol. The molecule has 0 saturated carbocycles. The van der Waals surface area contributed by atoms with E-state index in [0.29, 0.717) is 60.3 Å². The van der Waals surface area contributed by atoms with Crippen molar-refractivity contribution in [1.82, 2.24) is 10.3 Å². The van der Waals surface area contributed by atoms with Gasteiger partial charge in [0, 0.05) is 35.1 Å². The summed E-state index contributed by atoms with van der Waals surface area (Å²) < 4.78 is 11.5.